The predicted molar refractivity (Wildman–Crippen MR) is 100 cm³/mol. The fourth-order valence-electron chi connectivity index (χ4n) is 3.38. The number of fused-ring (bicyclic) bond motifs is 1. The number of alkyl halides is 3. The van der Waals surface area contributed by atoms with Crippen LogP contribution >= 0.6 is 0 Å². The topological polar surface area (TPSA) is 130 Å². The monoisotopic (exact) mass is 440 g/mol. The first-order chi connectivity index (χ1) is 14.8. The number of carbonyl (C=O) groups is 2. The van der Waals surface area contributed by atoms with Gasteiger partial charge in [-0.15, -0.1) is 0 Å². The van der Waals surface area contributed by atoms with Crippen LogP contribution in [0.25, 0.3) is 0 Å². The molecule has 0 saturated carbocycles. The maximum atomic E-state index is 12.4. The minimum Gasteiger partial charge on any atom is -0.475 e. The molecule has 13 heteroatoms. The van der Waals surface area contributed by atoms with Crippen LogP contribution in [0.2, 0.25) is 0 Å². The Morgan fingerprint density at radius 3 is 2.42 bits per heavy atom. The molecule has 0 radical (unpaired) electrons. The van der Waals surface area contributed by atoms with Crippen LogP contribution in [0.15, 0.2) is 37.1 Å². The van der Waals surface area contributed by atoms with Gasteiger partial charge in [0.2, 0.25) is 5.95 Å². The number of carbonyl (C=O) groups excluding carboxylic acids is 1. The van der Waals surface area contributed by atoms with E-state index in [0.717, 1.165) is 25.3 Å². The number of hydrogen-bond donors (Lipinski definition) is 2. The SMILES string of the molecule is O=C(Nc1cnccn1)[C@@H]1CC[C@@H]2[C@@H](CCN2c2ncccn2)O1.O=C(O)C(F)(F)F. The average Bonchev–Trinajstić information content (AvgIpc) is 3.18. The smallest absolute Gasteiger partial charge is 0.475 e. The number of rotatable bonds is 3. The van der Waals surface area contributed by atoms with Crippen LogP contribution in [0.3, 0.4) is 0 Å². The van der Waals surface area contributed by atoms with Crippen molar-refractivity contribution in [3.8, 4) is 0 Å². The normalized spacial score (nSPS) is 22.7. The largest absolute Gasteiger partial charge is 0.490 e. The number of carboxylic acids is 1. The minimum absolute atomic E-state index is 0.0279. The Morgan fingerprint density at radius 1 is 1.10 bits per heavy atom. The molecule has 3 atom stereocenters. The Kier molecular flexibility index (Phi) is 6.95. The van der Waals surface area contributed by atoms with Gasteiger partial charge in [0.15, 0.2) is 5.82 Å². The lowest BCUT2D eigenvalue weighted by atomic mass is 9.99. The number of nitrogens with one attached hydrogen (secondary N) is 1. The van der Waals surface area contributed by atoms with E-state index in [1.165, 1.54) is 6.20 Å². The molecular weight excluding hydrogens is 421 g/mol. The maximum Gasteiger partial charge on any atom is 0.490 e. The highest BCUT2D eigenvalue weighted by atomic mass is 19.4. The van der Waals surface area contributed by atoms with Crippen LogP contribution < -0.4 is 10.2 Å². The average molecular weight is 440 g/mol. The fraction of sp³-hybridized carbons (Fsp3) is 0.444. The van der Waals surface area contributed by atoms with Crippen LogP contribution in [0.5, 0.6) is 0 Å². The summed E-state index contributed by atoms with van der Waals surface area (Å²) in [6.45, 7) is 0.845. The van der Waals surface area contributed by atoms with E-state index in [1.54, 1.807) is 30.9 Å². The zero-order valence-electron chi connectivity index (χ0n) is 16.1. The summed E-state index contributed by atoms with van der Waals surface area (Å²) in [6.07, 6.45) is 5.03. The van der Waals surface area contributed by atoms with E-state index in [0.29, 0.717) is 12.2 Å². The predicted octanol–water partition coefficient (Wildman–Crippen LogP) is 1.66. The summed E-state index contributed by atoms with van der Waals surface area (Å²) in [7, 11) is 0. The second kappa shape index (κ2) is 9.64. The quantitative estimate of drug-likeness (QED) is 0.732. The first kappa shape index (κ1) is 22.3. The molecule has 2 saturated heterocycles. The number of amides is 1. The van der Waals surface area contributed by atoms with E-state index in [1.807, 2.05) is 0 Å². The zero-order valence-corrected chi connectivity index (χ0v) is 16.1. The van der Waals surface area contributed by atoms with E-state index in [2.05, 4.69) is 30.2 Å². The van der Waals surface area contributed by atoms with Gasteiger partial charge in [0.05, 0.1) is 18.3 Å². The lowest BCUT2D eigenvalue weighted by molar-refractivity contribution is -0.192. The number of hydrogen-bond acceptors (Lipinski definition) is 8. The Labute approximate surface area is 174 Å². The molecule has 2 N–H and O–H groups in total. The molecule has 2 aromatic heterocycles. The second-order valence-corrected chi connectivity index (χ2v) is 6.72. The highest BCUT2D eigenvalue weighted by Crippen LogP contribution is 2.33. The van der Waals surface area contributed by atoms with Crippen LogP contribution in [0.4, 0.5) is 24.9 Å². The Hall–Kier alpha value is -3.35. The van der Waals surface area contributed by atoms with Gasteiger partial charge in [-0.05, 0) is 25.3 Å². The summed E-state index contributed by atoms with van der Waals surface area (Å²) in [5, 5.41) is 9.88. The van der Waals surface area contributed by atoms with Crippen LogP contribution in [-0.2, 0) is 14.3 Å². The molecule has 0 aliphatic carbocycles. The van der Waals surface area contributed by atoms with Crippen molar-refractivity contribution in [3.05, 3.63) is 37.1 Å². The van der Waals surface area contributed by atoms with Gasteiger partial charge >= 0.3 is 12.1 Å². The van der Waals surface area contributed by atoms with Crippen LogP contribution in [0.1, 0.15) is 19.3 Å². The summed E-state index contributed by atoms with van der Waals surface area (Å²) in [4.78, 5) is 40.1. The Bertz CT molecular complexity index is 887. The number of nitrogens with zero attached hydrogens (tertiary/aromatic N) is 5. The first-order valence-electron chi connectivity index (χ1n) is 9.32. The third-order valence-electron chi connectivity index (χ3n) is 4.71. The Morgan fingerprint density at radius 2 is 1.81 bits per heavy atom. The lowest BCUT2D eigenvalue weighted by Crippen LogP contribution is -2.46. The van der Waals surface area contributed by atoms with Crippen LogP contribution in [0, 0.1) is 0 Å². The molecule has 0 aromatic carbocycles. The van der Waals surface area contributed by atoms with Crippen molar-refractivity contribution in [1.29, 1.82) is 0 Å². The molecule has 166 valence electrons. The first-order valence-corrected chi connectivity index (χ1v) is 9.32. The summed E-state index contributed by atoms with van der Waals surface area (Å²) in [6, 6.07) is 2.04. The number of ether oxygens (including phenoxy) is 1. The molecule has 2 aliphatic rings. The fourth-order valence-corrected chi connectivity index (χ4v) is 3.38. The maximum absolute atomic E-state index is 12.4. The highest BCUT2D eigenvalue weighted by Gasteiger charge is 2.42. The van der Waals surface area contributed by atoms with E-state index < -0.39 is 18.2 Å². The van der Waals surface area contributed by atoms with Gasteiger partial charge in [-0.2, -0.15) is 13.2 Å². The molecule has 0 spiro atoms. The molecular formula is C18H19F3N6O4. The van der Waals surface area contributed by atoms with Gasteiger partial charge in [-0.25, -0.2) is 19.7 Å². The zero-order chi connectivity index (χ0) is 22.4. The summed E-state index contributed by atoms with van der Waals surface area (Å²) < 4.78 is 37.8. The number of aliphatic carboxylic acids is 1. The number of halogens is 3. The van der Waals surface area contributed by atoms with E-state index in [-0.39, 0.29) is 18.1 Å². The van der Waals surface area contributed by atoms with Crippen molar-refractivity contribution < 1.29 is 32.6 Å². The van der Waals surface area contributed by atoms with Crippen molar-refractivity contribution in [1.82, 2.24) is 19.9 Å². The van der Waals surface area contributed by atoms with E-state index in [4.69, 9.17) is 14.6 Å². The van der Waals surface area contributed by atoms with Crippen molar-refractivity contribution in [2.75, 3.05) is 16.8 Å². The van der Waals surface area contributed by atoms with E-state index in [9.17, 15) is 18.0 Å². The molecule has 31 heavy (non-hydrogen) atoms. The van der Waals surface area contributed by atoms with E-state index >= 15 is 0 Å². The third kappa shape index (κ3) is 5.84. The standard InChI is InChI=1S/C16H18N6O2.C2HF3O2/c23-15(21-14-10-17-7-8-18-14)13-3-2-11-12(24-13)4-9-22(11)16-19-5-1-6-20-16;3-2(4,5)1(6)7/h1,5-8,10-13H,2-4,9H2,(H,18,21,23);(H,6,7)/t11-,12-,13+;/m1./s1. The second-order valence-electron chi connectivity index (χ2n) is 6.72. The summed E-state index contributed by atoms with van der Waals surface area (Å²) in [5.74, 6) is -1.74. The molecule has 4 heterocycles. The van der Waals surface area contributed by atoms with Crippen molar-refractivity contribution in [3.63, 3.8) is 0 Å². The molecule has 2 aromatic rings. The van der Waals surface area contributed by atoms with Gasteiger partial charge in [0, 0.05) is 31.3 Å². The summed E-state index contributed by atoms with van der Waals surface area (Å²) in [5.41, 5.74) is 0. The molecule has 0 unspecified atom stereocenters. The Balaban J connectivity index is 0.000000339. The number of aromatic nitrogens is 4. The molecule has 10 nitrogen and oxygen atoms in total. The minimum atomic E-state index is -5.08. The highest BCUT2D eigenvalue weighted by molar-refractivity contribution is 5.93. The van der Waals surface area contributed by atoms with Crippen molar-refractivity contribution in [2.24, 2.45) is 0 Å². The number of anilines is 2. The van der Waals surface area contributed by atoms with Crippen molar-refractivity contribution in [2.45, 2.75) is 43.7 Å². The molecule has 1 amide bonds. The third-order valence-corrected chi connectivity index (χ3v) is 4.71. The van der Waals surface area contributed by atoms with Crippen LogP contribution in [-0.4, -0.2) is 67.9 Å². The van der Waals surface area contributed by atoms with Gasteiger partial charge < -0.3 is 20.1 Å². The van der Waals surface area contributed by atoms with Gasteiger partial charge in [0.25, 0.3) is 5.91 Å². The molecule has 2 aliphatic heterocycles. The van der Waals surface area contributed by atoms with Gasteiger partial charge in [-0.1, -0.05) is 0 Å². The molecule has 4 rings (SSSR count). The lowest BCUT2D eigenvalue weighted by Gasteiger charge is -2.35. The van der Waals surface area contributed by atoms with Crippen molar-refractivity contribution >= 4 is 23.6 Å². The molecule has 2 fully saturated rings. The summed E-state index contributed by atoms with van der Waals surface area (Å²) >= 11 is 0. The molecule has 0 bridgehead atoms. The van der Waals surface area contributed by atoms with Gasteiger partial charge in [0.1, 0.15) is 6.10 Å². The number of carboxylic acid groups (broad SMARTS) is 1. The van der Waals surface area contributed by atoms with Gasteiger partial charge in [-0.3, -0.25) is 9.78 Å².